The SMILES string of the molecule is CCOC(=O)CNC(=O)N(CCCN1CC2CN(C(=O)c3c(C)ccnc3C)CC2C1)c1ccc(C)c(Cl)c1. The largest absolute Gasteiger partial charge is 0.465 e. The first-order valence-electron chi connectivity index (χ1n) is 13.6. The Kier molecular flexibility index (Phi) is 9.45. The summed E-state index contributed by atoms with van der Waals surface area (Å²) in [6.45, 7) is 12.3. The number of rotatable bonds is 9. The molecule has 0 radical (unpaired) electrons. The van der Waals surface area contributed by atoms with E-state index in [1.165, 1.54) is 0 Å². The number of amides is 3. The lowest BCUT2D eigenvalue weighted by Crippen LogP contribution is -2.43. The molecule has 2 aliphatic heterocycles. The van der Waals surface area contributed by atoms with Crippen molar-refractivity contribution in [3.8, 4) is 0 Å². The minimum Gasteiger partial charge on any atom is -0.465 e. The molecule has 10 heteroatoms. The van der Waals surface area contributed by atoms with Crippen molar-refractivity contribution < 1.29 is 19.1 Å². The number of urea groups is 1. The van der Waals surface area contributed by atoms with Gasteiger partial charge in [-0.3, -0.25) is 19.5 Å². The number of anilines is 1. The molecule has 2 atom stereocenters. The number of hydrogen-bond acceptors (Lipinski definition) is 6. The van der Waals surface area contributed by atoms with Crippen molar-refractivity contribution in [2.45, 2.75) is 34.1 Å². The summed E-state index contributed by atoms with van der Waals surface area (Å²) in [5, 5.41) is 3.24. The Morgan fingerprint density at radius 3 is 2.44 bits per heavy atom. The summed E-state index contributed by atoms with van der Waals surface area (Å²) in [5.74, 6) is 0.509. The second-order valence-corrected chi connectivity index (χ2v) is 10.9. The highest BCUT2D eigenvalue weighted by Crippen LogP contribution is 2.32. The van der Waals surface area contributed by atoms with Crippen molar-refractivity contribution >= 4 is 35.2 Å². The molecule has 0 aliphatic carbocycles. The lowest BCUT2D eigenvalue weighted by Gasteiger charge is -2.26. The normalized spacial score (nSPS) is 18.6. The van der Waals surface area contributed by atoms with Crippen LogP contribution in [0.25, 0.3) is 0 Å². The Labute approximate surface area is 235 Å². The first-order chi connectivity index (χ1) is 18.7. The molecule has 0 bridgehead atoms. The van der Waals surface area contributed by atoms with Crippen molar-refractivity contribution in [2.24, 2.45) is 11.8 Å². The molecular weight excluding hydrogens is 518 g/mol. The van der Waals surface area contributed by atoms with Gasteiger partial charge in [0.2, 0.25) is 0 Å². The van der Waals surface area contributed by atoms with Crippen LogP contribution in [0.1, 0.15) is 40.5 Å². The number of carbonyl (C=O) groups is 3. The molecule has 2 fully saturated rings. The monoisotopic (exact) mass is 555 g/mol. The minimum absolute atomic E-state index is 0.0836. The van der Waals surface area contributed by atoms with Gasteiger partial charge in [-0.1, -0.05) is 17.7 Å². The fourth-order valence-corrected chi connectivity index (χ4v) is 5.79. The summed E-state index contributed by atoms with van der Waals surface area (Å²) in [4.78, 5) is 48.3. The van der Waals surface area contributed by atoms with Crippen LogP contribution in [0.2, 0.25) is 5.02 Å². The Bertz CT molecular complexity index is 1190. The molecule has 9 nitrogen and oxygen atoms in total. The Hall–Kier alpha value is -3.17. The van der Waals surface area contributed by atoms with Gasteiger partial charge in [0, 0.05) is 49.6 Å². The number of nitrogens with one attached hydrogen (secondary N) is 1. The number of likely N-dealkylation sites (tertiary alicyclic amines) is 2. The number of carbonyl (C=O) groups excluding carboxylic acids is 3. The number of aromatic nitrogens is 1. The summed E-state index contributed by atoms with van der Waals surface area (Å²) in [6.07, 6.45) is 2.51. The standard InChI is InChI=1S/C29H38ClN5O4/c1-5-39-26(36)14-32-29(38)35(24-8-7-19(2)25(30)13-24)12-6-11-33-15-22-17-34(18-23(22)16-33)28(37)27-20(3)9-10-31-21(27)4/h7-10,13,22-23H,5-6,11-12,14-18H2,1-4H3,(H,32,38). The average Bonchev–Trinajstić information content (AvgIpc) is 3.46. The summed E-state index contributed by atoms with van der Waals surface area (Å²) < 4.78 is 4.93. The lowest BCUT2D eigenvalue weighted by atomic mass is 10.0. The second-order valence-electron chi connectivity index (χ2n) is 10.5. The zero-order valence-electron chi connectivity index (χ0n) is 23.2. The summed E-state index contributed by atoms with van der Waals surface area (Å²) >= 11 is 6.34. The molecule has 2 saturated heterocycles. The van der Waals surface area contributed by atoms with Crippen LogP contribution >= 0.6 is 11.6 Å². The van der Waals surface area contributed by atoms with Gasteiger partial charge >= 0.3 is 12.0 Å². The fraction of sp³-hybridized carbons (Fsp3) is 0.517. The number of aryl methyl sites for hydroxylation is 3. The number of benzene rings is 1. The molecule has 3 heterocycles. The summed E-state index contributed by atoms with van der Waals surface area (Å²) in [6, 6.07) is 7.05. The second kappa shape index (κ2) is 12.8. The Balaban J connectivity index is 1.31. The smallest absolute Gasteiger partial charge is 0.325 e. The Morgan fingerprint density at radius 2 is 1.79 bits per heavy atom. The van der Waals surface area contributed by atoms with Gasteiger partial charge < -0.3 is 19.9 Å². The van der Waals surface area contributed by atoms with E-state index < -0.39 is 5.97 Å². The number of ether oxygens (including phenoxy) is 1. The van der Waals surface area contributed by atoms with Crippen LogP contribution in [-0.4, -0.2) is 85.1 Å². The van der Waals surface area contributed by atoms with Gasteiger partial charge in [0.15, 0.2) is 0 Å². The molecule has 2 unspecified atom stereocenters. The third kappa shape index (κ3) is 6.89. The van der Waals surface area contributed by atoms with Crippen molar-refractivity contribution in [2.75, 3.05) is 57.3 Å². The molecule has 2 aromatic rings. The third-order valence-electron chi connectivity index (χ3n) is 7.67. The van der Waals surface area contributed by atoms with E-state index >= 15 is 0 Å². The molecule has 0 spiro atoms. The van der Waals surface area contributed by atoms with E-state index in [2.05, 4.69) is 15.2 Å². The number of halogens is 1. The highest BCUT2D eigenvalue weighted by atomic mass is 35.5. The summed E-state index contributed by atoms with van der Waals surface area (Å²) in [7, 11) is 0. The van der Waals surface area contributed by atoms with Gasteiger partial charge in [-0.2, -0.15) is 0 Å². The Morgan fingerprint density at radius 1 is 1.08 bits per heavy atom. The average molecular weight is 556 g/mol. The van der Waals surface area contributed by atoms with Gasteiger partial charge in [0.25, 0.3) is 5.91 Å². The topological polar surface area (TPSA) is 95.1 Å². The van der Waals surface area contributed by atoms with Gasteiger partial charge in [-0.25, -0.2) is 4.79 Å². The van der Waals surface area contributed by atoms with Crippen LogP contribution in [0.4, 0.5) is 10.5 Å². The number of pyridine rings is 1. The van der Waals surface area contributed by atoms with E-state index in [1.807, 2.05) is 43.9 Å². The molecule has 1 aromatic heterocycles. The highest BCUT2D eigenvalue weighted by molar-refractivity contribution is 6.31. The van der Waals surface area contributed by atoms with E-state index in [0.717, 1.165) is 61.5 Å². The van der Waals surface area contributed by atoms with Crippen molar-refractivity contribution in [3.05, 3.63) is 57.9 Å². The maximum atomic E-state index is 13.2. The number of nitrogens with zero attached hydrogens (tertiary/aromatic N) is 4. The van der Waals surface area contributed by atoms with Crippen LogP contribution in [0, 0.1) is 32.6 Å². The predicted octanol–water partition coefficient (Wildman–Crippen LogP) is 3.83. The molecule has 4 rings (SSSR count). The molecule has 3 amide bonds. The summed E-state index contributed by atoms with van der Waals surface area (Å²) in [5.41, 5.74) is 4.09. The van der Waals surface area contributed by atoms with Crippen molar-refractivity contribution in [1.29, 1.82) is 0 Å². The molecule has 1 N–H and O–H groups in total. The third-order valence-corrected chi connectivity index (χ3v) is 8.08. The van der Waals surface area contributed by atoms with Crippen LogP contribution in [0.15, 0.2) is 30.5 Å². The molecular formula is C29H38ClN5O4. The van der Waals surface area contributed by atoms with Crippen LogP contribution in [0.3, 0.4) is 0 Å². The lowest BCUT2D eigenvalue weighted by molar-refractivity contribution is -0.141. The molecule has 2 aliphatic rings. The number of fused-ring (bicyclic) bond motifs is 1. The zero-order valence-corrected chi connectivity index (χ0v) is 24.0. The van der Waals surface area contributed by atoms with Crippen LogP contribution in [0.5, 0.6) is 0 Å². The molecule has 39 heavy (non-hydrogen) atoms. The first-order valence-corrected chi connectivity index (χ1v) is 14.0. The van der Waals surface area contributed by atoms with E-state index in [4.69, 9.17) is 16.3 Å². The van der Waals surface area contributed by atoms with Crippen molar-refractivity contribution in [1.82, 2.24) is 20.1 Å². The number of esters is 1. The van der Waals surface area contributed by atoms with E-state index in [9.17, 15) is 14.4 Å². The van der Waals surface area contributed by atoms with E-state index in [1.54, 1.807) is 24.1 Å². The van der Waals surface area contributed by atoms with Crippen LogP contribution < -0.4 is 10.2 Å². The minimum atomic E-state index is -0.474. The van der Waals surface area contributed by atoms with E-state index in [0.29, 0.717) is 29.1 Å². The number of hydrogen-bond donors (Lipinski definition) is 1. The molecule has 1 aromatic carbocycles. The predicted molar refractivity (Wildman–Crippen MR) is 151 cm³/mol. The molecule has 210 valence electrons. The van der Waals surface area contributed by atoms with Gasteiger partial charge in [0.1, 0.15) is 6.54 Å². The maximum Gasteiger partial charge on any atom is 0.325 e. The quantitative estimate of drug-likeness (QED) is 0.473. The first kappa shape index (κ1) is 28.8. The van der Waals surface area contributed by atoms with Crippen molar-refractivity contribution in [3.63, 3.8) is 0 Å². The fourth-order valence-electron chi connectivity index (χ4n) is 5.62. The maximum absolute atomic E-state index is 13.2. The zero-order chi connectivity index (χ0) is 28.1. The highest BCUT2D eigenvalue weighted by Gasteiger charge is 2.42. The van der Waals surface area contributed by atoms with Crippen LogP contribution in [-0.2, 0) is 9.53 Å². The van der Waals surface area contributed by atoms with Gasteiger partial charge in [-0.05, 0) is 81.8 Å². The van der Waals surface area contributed by atoms with Gasteiger partial charge in [-0.15, -0.1) is 0 Å². The van der Waals surface area contributed by atoms with Gasteiger partial charge in [0.05, 0.1) is 17.9 Å². The van der Waals surface area contributed by atoms with E-state index in [-0.39, 0.29) is 25.1 Å². The molecule has 0 saturated carbocycles.